The number of hydrogen-bond donors (Lipinski definition) is 2. The molecule has 2 aliphatic heterocycles. The molecule has 2 aliphatic carbocycles. The second-order valence-corrected chi connectivity index (χ2v) is 9.04. The van der Waals surface area contributed by atoms with E-state index in [1.165, 1.54) is 19.4 Å². The highest BCUT2D eigenvalue weighted by Crippen LogP contribution is 2.35. The van der Waals surface area contributed by atoms with Crippen molar-refractivity contribution in [2.45, 2.75) is 32.2 Å². The molecule has 1 saturated heterocycles. The number of allylic oxidation sites excluding steroid dienone is 6. The van der Waals surface area contributed by atoms with Crippen LogP contribution in [-0.4, -0.2) is 59.1 Å². The van der Waals surface area contributed by atoms with Crippen molar-refractivity contribution in [1.29, 1.82) is 0 Å². The predicted octanol–water partition coefficient (Wildman–Crippen LogP) is 3.36. The lowest BCUT2D eigenvalue weighted by Crippen LogP contribution is -2.37. The highest BCUT2D eigenvalue weighted by molar-refractivity contribution is 5.46. The third kappa shape index (κ3) is 4.23. The van der Waals surface area contributed by atoms with Crippen molar-refractivity contribution < 1.29 is 4.74 Å². The zero-order chi connectivity index (χ0) is 20.4. The van der Waals surface area contributed by atoms with E-state index >= 15 is 0 Å². The Morgan fingerprint density at radius 2 is 2.13 bits per heavy atom. The SMILES string of the molecule is CC1(CCCN2CCOCC2)C=CC(Nc2nc3n(n2)C2C=CC=CC2CN3)=CC1. The maximum atomic E-state index is 5.44. The molecular weight excluding hydrogens is 376 g/mol. The molecule has 0 spiro atoms. The van der Waals surface area contributed by atoms with Gasteiger partial charge >= 0.3 is 0 Å². The van der Waals surface area contributed by atoms with Gasteiger partial charge in [-0.2, -0.15) is 4.98 Å². The first kappa shape index (κ1) is 19.6. The van der Waals surface area contributed by atoms with E-state index in [4.69, 9.17) is 9.84 Å². The number of fused-ring (bicyclic) bond motifs is 3. The van der Waals surface area contributed by atoms with Crippen LogP contribution >= 0.6 is 0 Å². The molecule has 2 N–H and O–H groups in total. The number of ether oxygens (including phenoxy) is 1. The lowest BCUT2D eigenvalue weighted by atomic mass is 9.79. The van der Waals surface area contributed by atoms with Gasteiger partial charge in [0.05, 0.1) is 19.3 Å². The summed E-state index contributed by atoms with van der Waals surface area (Å²) in [6, 6.07) is 0.250. The van der Waals surface area contributed by atoms with Crippen LogP contribution in [-0.2, 0) is 4.74 Å². The molecule has 0 amide bonds. The van der Waals surface area contributed by atoms with Gasteiger partial charge in [0.2, 0.25) is 11.9 Å². The van der Waals surface area contributed by atoms with Crippen LogP contribution in [0.4, 0.5) is 11.9 Å². The molecule has 3 atom stereocenters. The maximum absolute atomic E-state index is 5.44. The van der Waals surface area contributed by atoms with Crippen molar-refractivity contribution in [3.05, 3.63) is 48.2 Å². The number of anilines is 2. The Bertz CT molecular complexity index is 878. The summed E-state index contributed by atoms with van der Waals surface area (Å²) in [5.74, 6) is 1.93. The van der Waals surface area contributed by atoms with Gasteiger partial charge in [-0.25, -0.2) is 4.68 Å². The average Bonchev–Trinajstić information content (AvgIpc) is 3.19. The molecule has 0 radical (unpaired) electrons. The van der Waals surface area contributed by atoms with E-state index in [0.29, 0.717) is 11.9 Å². The lowest BCUT2D eigenvalue weighted by Gasteiger charge is -2.31. The third-order valence-corrected chi connectivity index (χ3v) is 6.66. The van der Waals surface area contributed by atoms with Gasteiger partial charge in [0.25, 0.3) is 0 Å². The van der Waals surface area contributed by atoms with Gasteiger partial charge in [-0.15, -0.1) is 5.10 Å². The molecule has 0 bridgehead atoms. The Hall–Kier alpha value is -2.38. The van der Waals surface area contributed by atoms with Crippen LogP contribution in [0.1, 0.15) is 32.2 Å². The minimum atomic E-state index is 0.229. The van der Waals surface area contributed by atoms with Gasteiger partial charge in [-0.05, 0) is 37.3 Å². The monoisotopic (exact) mass is 408 g/mol. The van der Waals surface area contributed by atoms with E-state index < -0.39 is 0 Å². The van der Waals surface area contributed by atoms with E-state index in [0.717, 1.165) is 50.9 Å². The lowest BCUT2D eigenvalue weighted by molar-refractivity contribution is 0.0362. The minimum absolute atomic E-state index is 0.229. The van der Waals surface area contributed by atoms with Gasteiger partial charge in [0, 0.05) is 31.2 Å². The summed E-state index contributed by atoms with van der Waals surface area (Å²) in [4.78, 5) is 7.17. The molecule has 160 valence electrons. The quantitative estimate of drug-likeness (QED) is 0.752. The number of morpholine rings is 1. The van der Waals surface area contributed by atoms with Crippen LogP contribution in [0.5, 0.6) is 0 Å². The van der Waals surface area contributed by atoms with Crippen LogP contribution in [0.25, 0.3) is 0 Å². The second kappa shape index (κ2) is 8.40. The van der Waals surface area contributed by atoms with Crippen molar-refractivity contribution >= 4 is 11.9 Å². The zero-order valence-corrected chi connectivity index (χ0v) is 17.8. The summed E-state index contributed by atoms with van der Waals surface area (Å²) in [7, 11) is 0. The molecular formula is C23H32N6O. The van der Waals surface area contributed by atoms with Gasteiger partial charge in [-0.3, -0.25) is 4.90 Å². The fourth-order valence-electron chi connectivity index (χ4n) is 4.72. The topological polar surface area (TPSA) is 67.2 Å². The fraction of sp³-hybridized carbons (Fsp3) is 0.565. The summed E-state index contributed by atoms with van der Waals surface area (Å²) in [6.07, 6.45) is 18.9. The molecule has 7 heteroatoms. The van der Waals surface area contributed by atoms with Crippen molar-refractivity contribution in [1.82, 2.24) is 19.7 Å². The van der Waals surface area contributed by atoms with Crippen molar-refractivity contribution in [3.63, 3.8) is 0 Å². The summed E-state index contributed by atoms with van der Waals surface area (Å²) in [5.41, 5.74) is 1.31. The van der Waals surface area contributed by atoms with Crippen molar-refractivity contribution in [2.24, 2.45) is 11.3 Å². The van der Waals surface area contributed by atoms with Gasteiger partial charge in [-0.1, -0.05) is 43.4 Å². The van der Waals surface area contributed by atoms with E-state index in [1.807, 2.05) is 4.68 Å². The highest BCUT2D eigenvalue weighted by Gasteiger charge is 2.30. The van der Waals surface area contributed by atoms with Gasteiger partial charge in [0.1, 0.15) is 0 Å². The van der Waals surface area contributed by atoms with E-state index in [9.17, 15) is 0 Å². The van der Waals surface area contributed by atoms with E-state index in [2.05, 4.69) is 70.0 Å². The Kier molecular flexibility index (Phi) is 5.48. The molecule has 3 heterocycles. The van der Waals surface area contributed by atoms with Crippen LogP contribution in [0.3, 0.4) is 0 Å². The molecule has 1 aromatic heterocycles. The normalized spacial score (nSPS) is 30.4. The molecule has 5 rings (SSSR count). The Morgan fingerprint density at radius 1 is 1.27 bits per heavy atom. The molecule has 30 heavy (non-hydrogen) atoms. The van der Waals surface area contributed by atoms with E-state index in [1.54, 1.807) is 0 Å². The molecule has 0 aromatic carbocycles. The van der Waals surface area contributed by atoms with E-state index in [-0.39, 0.29) is 11.5 Å². The first-order valence-electron chi connectivity index (χ1n) is 11.2. The van der Waals surface area contributed by atoms with Gasteiger partial charge < -0.3 is 15.4 Å². The highest BCUT2D eigenvalue weighted by atomic mass is 16.5. The Morgan fingerprint density at radius 3 is 2.97 bits per heavy atom. The Labute approximate surface area is 178 Å². The van der Waals surface area contributed by atoms with Crippen LogP contribution in [0.2, 0.25) is 0 Å². The summed E-state index contributed by atoms with van der Waals surface area (Å²) < 4.78 is 7.44. The van der Waals surface area contributed by atoms with Crippen LogP contribution < -0.4 is 10.6 Å². The fourth-order valence-corrected chi connectivity index (χ4v) is 4.72. The summed E-state index contributed by atoms with van der Waals surface area (Å²) in [5, 5.41) is 11.5. The zero-order valence-electron chi connectivity index (χ0n) is 17.8. The minimum Gasteiger partial charge on any atom is -0.379 e. The standard InChI is InChI=1S/C23H32N6O/c1-23(9-4-12-28-13-15-30-16-14-28)10-7-19(8-11-23)25-21-26-22-24-17-18-5-2-3-6-20(18)29(22)27-21/h2-3,5-8,10,18,20H,4,9,11-17H2,1H3,(H2,24,25,26,27). The third-order valence-electron chi connectivity index (χ3n) is 6.66. The summed E-state index contributed by atoms with van der Waals surface area (Å²) >= 11 is 0. The first-order valence-corrected chi connectivity index (χ1v) is 11.2. The largest absolute Gasteiger partial charge is 0.379 e. The molecule has 3 unspecified atom stereocenters. The average molecular weight is 409 g/mol. The number of nitrogens with one attached hydrogen (secondary N) is 2. The van der Waals surface area contributed by atoms with Gasteiger partial charge in [0.15, 0.2) is 0 Å². The molecule has 4 aliphatic rings. The first-order chi connectivity index (χ1) is 14.7. The van der Waals surface area contributed by atoms with Crippen molar-refractivity contribution in [3.8, 4) is 0 Å². The molecule has 7 nitrogen and oxygen atoms in total. The molecule has 1 aromatic rings. The number of rotatable bonds is 6. The molecule has 1 fully saturated rings. The predicted molar refractivity (Wildman–Crippen MR) is 119 cm³/mol. The maximum Gasteiger partial charge on any atom is 0.248 e. The number of aromatic nitrogens is 3. The van der Waals surface area contributed by atoms with Crippen LogP contribution in [0.15, 0.2) is 48.2 Å². The second-order valence-electron chi connectivity index (χ2n) is 9.04. The summed E-state index contributed by atoms with van der Waals surface area (Å²) in [6.45, 7) is 8.33. The Balaban J connectivity index is 1.15. The number of hydrogen-bond acceptors (Lipinski definition) is 6. The van der Waals surface area contributed by atoms with Crippen molar-refractivity contribution in [2.75, 3.05) is 50.0 Å². The number of nitrogens with zero attached hydrogens (tertiary/aromatic N) is 4. The van der Waals surface area contributed by atoms with Crippen LogP contribution in [0, 0.1) is 11.3 Å². The smallest absolute Gasteiger partial charge is 0.248 e. The molecule has 0 saturated carbocycles.